The van der Waals surface area contributed by atoms with Crippen LogP contribution in [-0.2, 0) is 4.43 Å². The zero-order chi connectivity index (χ0) is 11.5. The molecule has 0 aromatic rings. The summed E-state index contributed by atoms with van der Waals surface area (Å²) in [6, 6.07) is 0. The van der Waals surface area contributed by atoms with E-state index in [2.05, 4.69) is 39.6 Å². The summed E-state index contributed by atoms with van der Waals surface area (Å²) in [5.74, 6) is 0. The molecule has 0 fully saturated rings. The van der Waals surface area contributed by atoms with Gasteiger partial charge in [0.05, 0.1) is 6.10 Å². The summed E-state index contributed by atoms with van der Waals surface area (Å²) in [6.45, 7) is 13.1. The summed E-state index contributed by atoms with van der Waals surface area (Å²) in [7, 11) is -1.56. The van der Waals surface area contributed by atoms with E-state index in [-0.39, 0.29) is 0 Å². The second-order valence-corrected chi connectivity index (χ2v) is 9.06. The Balaban J connectivity index is 2.58. The lowest BCUT2D eigenvalue weighted by Gasteiger charge is -2.35. The maximum Gasteiger partial charge on any atom is 0.214 e. The molecule has 0 spiro atoms. The molecule has 15 heavy (non-hydrogen) atoms. The van der Waals surface area contributed by atoms with E-state index < -0.39 is 8.32 Å². The van der Waals surface area contributed by atoms with Crippen LogP contribution >= 0.6 is 0 Å². The molecule has 0 radical (unpaired) electrons. The van der Waals surface area contributed by atoms with E-state index in [4.69, 9.17) is 4.43 Å². The number of hydrogen-bond acceptors (Lipinski definition) is 1. The van der Waals surface area contributed by atoms with Crippen LogP contribution in [0.1, 0.15) is 39.5 Å². The van der Waals surface area contributed by atoms with Gasteiger partial charge in [-0.3, -0.25) is 0 Å². The van der Waals surface area contributed by atoms with Crippen molar-refractivity contribution in [3.63, 3.8) is 0 Å². The Kier molecular flexibility index (Phi) is 4.35. The van der Waals surface area contributed by atoms with Crippen LogP contribution in [0, 0.1) is 0 Å². The van der Waals surface area contributed by atoms with Crippen molar-refractivity contribution in [2.75, 3.05) is 0 Å². The smallest absolute Gasteiger partial charge is 0.214 e. The predicted molar refractivity (Wildman–Crippen MR) is 69.4 cm³/mol. The third-order valence-electron chi connectivity index (χ3n) is 3.27. The second-order valence-electron chi connectivity index (χ2n) is 5.01. The van der Waals surface area contributed by atoms with Crippen molar-refractivity contribution < 1.29 is 4.43 Å². The van der Waals surface area contributed by atoms with Gasteiger partial charge in [0, 0.05) is 0 Å². The SMILES string of the molecule is C=C1C=C(C)[Si](C)(C)OC1CCCCC. The highest BCUT2D eigenvalue weighted by atomic mass is 28.4. The average Bonchev–Trinajstić information content (AvgIpc) is 2.14. The molecule has 0 aromatic carbocycles. The van der Waals surface area contributed by atoms with Crippen LogP contribution in [0.5, 0.6) is 0 Å². The summed E-state index contributed by atoms with van der Waals surface area (Å²) < 4.78 is 6.22. The lowest BCUT2D eigenvalue weighted by Crippen LogP contribution is -2.41. The zero-order valence-electron chi connectivity index (χ0n) is 10.6. The van der Waals surface area contributed by atoms with Gasteiger partial charge in [0.1, 0.15) is 0 Å². The van der Waals surface area contributed by atoms with E-state index in [0.29, 0.717) is 6.10 Å². The molecule has 0 saturated carbocycles. The van der Waals surface area contributed by atoms with Crippen molar-refractivity contribution >= 4 is 8.32 Å². The van der Waals surface area contributed by atoms with Gasteiger partial charge in [-0.05, 0) is 32.0 Å². The van der Waals surface area contributed by atoms with Crippen molar-refractivity contribution in [3.8, 4) is 0 Å². The van der Waals surface area contributed by atoms with Crippen molar-refractivity contribution in [2.24, 2.45) is 0 Å². The van der Waals surface area contributed by atoms with Gasteiger partial charge in [-0.2, -0.15) is 0 Å². The normalized spacial score (nSPS) is 25.2. The minimum Gasteiger partial charge on any atom is -0.406 e. The quantitative estimate of drug-likeness (QED) is 0.513. The highest BCUT2D eigenvalue weighted by molar-refractivity contribution is 6.78. The Labute approximate surface area is 95.4 Å². The lowest BCUT2D eigenvalue weighted by molar-refractivity contribution is 0.215. The Morgan fingerprint density at radius 1 is 1.40 bits per heavy atom. The topological polar surface area (TPSA) is 9.23 Å². The predicted octanol–water partition coefficient (Wildman–Crippen LogP) is 4.21. The van der Waals surface area contributed by atoms with Crippen molar-refractivity contribution in [1.29, 1.82) is 0 Å². The number of hydrogen-bond donors (Lipinski definition) is 0. The number of allylic oxidation sites excluding steroid dienone is 1. The molecule has 0 N–H and O–H groups in total. The van der Waals surface area contributed by atoms with E-state index in [0.717, 1.165) is 6.42 Å². The summed E-state index contributed by atoms with van der Waals surface area (Å²) >= 11 is 0. The van der Waals surface area contributed by atoms with Gasteiger partial charge in [-0.1, -0.05) is 44.0 Å². The highest BCUT2D eigenvalue weighted by Gasteiger charge is 2.33. The Morgan fingerprint density at radius 3 is 2.67 bits per heavy atom. The first-order valence-corrected chi connectivity index (χ1v) is 8.93. The summed E-state index contributed by atoms with van der Waals surface area (Å²) in [5, 5.41) is 1.42. The Hall–Kier alpha value is -0.343. The van der Waals surface area contributed by atoms with Crippen molar-refractivity contribution in [1.82, 2.24) is 0 Å². The molecule has 0 aliphatic carbocycles. The fourth-order valence-electron chi connectivity index (χ4n) is 1.89. The van der Waals surface area contributed by atoms with Crippen molar-refractivity contribution in [2.45, 2.75) is 58.7 Å². The largest absolute Gasteiger partial charge is 0.406 e. The molecule has 1 heterocycles. The molecule has 0 amide bonds. The van der Waals surface area contributed by atoms with Crippen LogP contribution < -0.4 is 0 Å². The fourth-order valence-corrected chi connectivity index (χ4v) is 3.59. The van der Waals surface area contributed by atoms with Crippen LogP contribution in [0.3, 0.4) is 0 Å². The minimum absolute atomic E-state index is 0.293. The minimum atomic E-state index is -1.56. The Morgan fingerprint density at radius 2 is 2.07 bits per heavy atom. The van der Waals surface area contributed by atoms with E-state index >= 15 is 0 Å². The monoisotopic (exact) mass is 224 g/mol. The van der Waals surface area contributed by atoms with E-state index in [1.807, 2.05) is 0 Å². The standard InChI is InChI=1S/C13H24OSi/c1-6-7-8-9-13-11(2)10-12(3)15(4,5)14-13/h10,13H,2,6-9H2,1,3-5H3. The van der Waals surface area contributed by atoms with E-state index in [9.17, 15) is 0 Å². The van der Waals surface area contributed by atoms with Crippen LogP contribution in [0.15, 0.2) is 23.4 Å². The molecular weight excluding hydrogens is 200 g/mol. The molecule has 0 saturated heterocycles. The molecule has 0 bridgehead atoms. The molecule has 1 aliphatic rings. The van der Waals surface area contributed by atoms with Crippen LogP contribution in [0.4, 0.5) is 0 Å². The summed E-state index contributed by atoms with van der Waals surface area (Å²) in [6.07, 6.45) is 7.53. The molecule has 1 nitrogen and oxygen atoms in total. The maximum atomic E-state index is 6.22. The van der Waals surface area contributed by atoms with Crippen LogP contribution in [-0.4, -0.2) is 14.4 Å². The zero-order valence-corrected chi connectivity index (χ0v) is 11.6. The Bertz CT molecular complexity index is 266. The molecular formula is C13H24OSi. The lowest BCUT2D eigenvalue weighted by atomic mass is 10.0. The first-order chi connectivity index (χ1) is 6.97. The van der Waals surface area contributed by atoms with Gasteiger partial charge in [-0.25, -0.2) is 0 Å². The maximum absolute atomic E-state index is 6.22. The molecule has 86 valence electrons. The molecule has 1 unspecified atom stereocenters. The third-order valence-corrected chi connectivity index (χ3v) is 6.19. The van der Waals surface area contributed by atoms with Crippen LogP contribution in [0.2, 0.25) is 13.1 Å². The van der Waals surface area contributed by atoms with Gasteiger partial charge in [0.25, 0.3) is 0 Å². The van der Waals surface area contributed by atoms with Crippen LogP contribution in [0.25, 0.3) is 0 Å². The molecule has 0 aromatic heterocycles. The van der Waals surface area contributed by atoms with Gasteiger partial charge in [-0.15, -0.1) is 0 Å². The van der Waals surface area contributed by atoms with E-state index in [1.54, 1.807) is 0 Å². The summed E-state index contributed by atoms with van der Waals surface area (Å²) in [5.41, 5.74) is 1.18. The first kappa shape index (κ1) is 12.7. The molecule has 2 heteroatoms. The molecule has 1 rings (SSSR count). The number of unbranched alkanes of at least 4 members (excludes halogenated alkanes) is 2. The first-order valence-electron chi connectivity index (χ1n) is 6.02. The van der Waals surface area contributed by atoms with Crippen molar-refractivity contribution in [3.05, 3.63) is 23.4 Å². The molecule has 1 atom stereocenters. The second kappa shape index (κ2) is 5.13. The van der Waals surface area contributed by atoms with Gasteiger partial charge in [0.2, 0.25) is 8.32 Å². The fraction of sp³-hybridized carbons (Fsp3) is 0.692. The van der Waals surface area contributed by atoms with E-state index in [1.165, 1.54) is 30.0 Å². The highest BCUT2D eigenvalue weighted by Crippen LogP contribution is 2.30. The average molecular weight is 224 g/mol. The van der Waals surface area contributed by atoms with Gasteiger partial charge >= 0.3 is 0 Å². The molecule has 1 aliphatic heterocycles. The van der Waals surface area contributed by atoms with Gasteiger partial charge in [0.15, 0.2) is 0 Å². The number of rotatable bonds is 4. The van der Waals surface area contributed by atoms with Gasteiger partial charge < -0.3 is 4.43 Å². The third kappa shape index (κ3) is 3.32. The summed E-state index contributed by atoms with van der Waals surface area (Å²) in [4.78, 5) is 0.